The molecule has 1 aliphatic rings. The summed E-state index contributed by atoms with van der Waals surface area (Å²) in [6.07, 6.45) is 5.37. The number of hydrogen-bond donors (Lipinski definition) is 3. The van der Waals surface area contributed by atoms with E-state index < -0.39 is 22.7 Å². The van der Waals surface area contributed by atoms with Gasteiger partial charge in [-0.2, -0.15) is 0 Å². The minimum Gasteiger partial charge on any atom is -0.380 e. The number of fused-ring (bicyclic) bond motifs is 1. The highest BCUT2D eigenvalue weighted by molar-refractivity contribution is 6.08. The largest absolute Gasteiger partial charge is 0.380 e. The van der Waals surface area contributed by atoms with E-state index in [1.54, 1.807) is 34.9 Å². The van der Waals surface area contributed by atoms with Crippen LogP contribution in [0.2, 0.25) is 0 Å². The van der Waals surface area contributed by atoms with Gasteiger partial charge < -0.3 is 26.2 Å². The number of nitro groups is 1. The fourth-order valence-corrected chi connectivity index (χ4v) is 4.90. The van der Waals surface area contributed by atoms with Gasteiger partial charge in [0, 0.05) is 31.1 Å². The lowest BCUT2D eigenvalue weighted by Crippen LogP contribution is -2.32. The van der Waals surface area contributed by atoms with Crippen LogP contribution >= 0.6 is 0 Å². The van der Waals surface area contributed by atoms with E-state index in [-0.39, 0.29) is 29.1 Å². The van der Waals surface area contributed by atoms with E-state index in [2.05, 4.69) is 15.3 Å². The summed E-state index contributed by atoms with van der Waals surface area (Å²) in [5.74, 6) is -1.59. The van der Waals surface area contributed by atoms with Gasteiger partial charge in [0.15, 0.2) is 11.5 Å². The van der Waals surface area contributed by atoms with Crippen LogP contribution in [0, 0.1) is 16.0 Å². The zero-order valence-electron chi connectivity index (χ0n) is 21.5. The first kappa shape index (κ1) is 27.3. The van der Waals surface area contributed by atoms with Crippen molar-refractivity contribution >= 4 is 40.2 Å². The summed E-state index contributed by atoms with van der Waals surface area (Å²) in [7, 11) is 0. The third-order valence-corrected chi connectivity index (χ3v) is 6.86. The van der Waals surface area contributed by atoms with E-state index in [1.807, 2.05) is 0 Å². The molecule has 39 heavy (non-hydrogen) atoms. The highest BCUT2D eigenvalue weighted by atomic mass is 16.7. The maximum atomic E-state index is 13.5. The Morgan fingerprint density at radius 2 is 1.74 bits per heavy atom. The Hall–Kier alpha value is -4.74. The number of rotatable bonds is 9. The van der Waals surface area contributed by atoms with Crippen molar-refractivity contribution < 1.29 is 24.1 Å². The van der Waals surface area contributed by atoms with Crippen LogP contribution in [0.4, 0.5) is 5.69 Å². The molecular formula is C27H30N6O6. The van der Waals surface area contributed by atoms with Crippen LogP contribution in [0.3, 0.4) is 0 Å². The monoisotopic (exact) mass is 534 g/mol. The first-order valence-electron chi connectivity index (χ1n) is 12.6. The van der Waals surface area contributed by atoms with Gasteiger partial charge in [-0.3, -0.25) is 19.7 Å². The molecule has 2 amide bonds. The molecule has 0 aliphatic heterocycles. The maximum absolute atomic E-state index is 13.5. The minimum absolute atomic E-state index is 0.0833. The molecule has 1 fully saturated rings. The average molecular weight is 535 g/mol. The molecule has 0 radical (unpaired) electrons. The molecule has 0 spiro atoms. The normalized spacial score (nSPS) is 14.2. The average Bonchev–Trinajstić information content (AvgIpc) is 3.24. The molecule has 5 N–H and O–H groups in total. The van der Waals surface area contributed by atoms with Crippen LogP contribution in [-0.2, 0) is 16.2 Å². The van der Waals surface area contributed by atoms with Gasteiger partial charge in [-0.1, -0.05) is 42.6 Å². The molecule has 0 saturated heterocycles. The molecule has 3 aromatic rings. The predicted molar refractivity (Wildman–Crippen MR) is 144 cm³/mol. The van der Waals surface area contributed by atoms with Gasteiger partial charge in [-0.15, -0.1) is 0 Å². The number of amides is 2. The number of amidine groups is 1. The Labute approximate surface area is 224 Å². The van der Waals surface area contributed by atoms with Crippen LogP contribution in [0.5, 0.6) is 0 Å². The number of primary amides is 1. The number of aromatic nitrogens is 1. The van der Waals surface area contributed by atoms with Crippen molar-refractivity contribution in [2.45, 2.75) is 45.6 Å². The Morgan fingerprint density at radius 3 is 2.36 bits per heavy atom. The number of nitrogens with one attached hydrogen (secondary N) is 1. The van der Waals surface area contributed by atoms with Crippen molar-refractivity contribution in [1.82, 2.24) is 9.88 Å². The molecule has 1 saturated carbocycles. The van der Waals surface area contributed by atoms with E-state index in [9.17, 15) is 24.5 Å². The van der Waals surface area contributed by atoms with Crippen molar-refractivity contribution in [3.63, 3.8) is 0 Å². The second-order valence-corrected chi connectivity index (χ2v) is 9.61. The molecule has 1 aliphatic carbocycles. The molecular weight excluding hydrogens is 504 g/mol. The molecule has 4 rings (SSSR count). The van der Waals surface area contributed by atoms with Crippen molar-refractivity contribution in [3.05, 3.63) is 75.0 Å². The van der Waals surface area contributed by atoms with Crippen LogP contribution in [0.15, 0.2) is 47.6 Å². The Morgan fingerprint density at radius 1 is 1.08 bits per heavy atom. The van der Waals surface area contributed by atoms with E-state index >= 15 is 0 Å². The first-order valence-corrected chi connectivity index (χ1v) is 12.6. The number of nitrogens with two attached hydrogens (primary N) is 2. The van der Waals surface area contributed by atoms with E-state index in [0.29, 0.717) is 34.7 Å². The quantitative estimate of drug-likeness (QED) is 0.124. The minimum atomic E-state index is -0.658. The number of carbonyl (C=O) groups is 3. The summed E-state index contributed by atoms with van der Waals surface area (Å²) in [4.78, 5) is 52.5. The van der Waals surface area contributed by atoms with E-state index in [1.165, 1.54) is 25.5 Å². The highest BCUT2D eigenvalue weighted by Crippen LogP contribution is 2.35. The summed E-state index contributed by atoms with van der Waals surface area (Å²) in [5.41, 5.74) is 12.6. The van der Waals surface area contributed by atoms with Crippen molar-refractivity contribution in [2.24, 2.45) is 22.5 Å². The molecule has 12 nitrogen and oxygen atoms in total. The zero-order chi connectivity index (χ0) is 28.1. The molecule has 0 bridgehead atoms. The van der Waals surface area contributed by atoms with Gasteiger partial charge in [0.2, 0.25) is 5.91 Å². The van der Waals surface area contributed by atoms with Gasteiger partial charge in [0.1, 0.15) is 0 Å². The Balaban J connectivity index is 1.82. The van der Waals surface area contributed by atoms with Crippen LogP contribution in [0.25, 0.3) is 10.9 Å². The van der Waals surface area contributed by atoms with Crippen LogP contribution < -0.4 is 16.8 Å². The number of carbonyl (C=O) groups excluding carboxylic acids is 3. The fraction of sp³-hybridized carbons (Fsp3) is 0.333. The summed E-state index contributed by atoms with van der Waals surface area (Å²) in [5, 5.41) is 19.0. The zero-order valence-corrected chi connectivity index (χ0v) is 21.5. The molecule has 2 aromatic carbocycles. The van der Waals surface area contributed by atoms with Gasteiger partial charge in [-0.25, -0.2) is 4.79 Å². The molecule has 204 valence electrons. The smallest absolute Gasteiger partial charge is 0.332 e. The lowest BCUT2D eigenvalue weighted by Gasteiger charge is -2.21. The van der Waals surface area contributed by atoms with E-state index in [4.69, 9.17) is 11.5 Å². The maximum Gasteiger partial charge on any atom is 0.332 e. The molecule has 0 atom stereocenters. The van der Waals surface area contributed by atoms with Gasteiger partial charge in [0.25, 0.3) is 5.91 Å². The summed E-state index contributed by atoms with van der Waals surface area (Å²) < 4.78 is 1.55. The fourth-order valence-electron chi connectivity index (χ4n) is 4.90. The molecule has 0 unspecified atom stereocenters. The summed E-state index contributed by atoms with van der Waals surface area (Å²) in [6.45, 7) is 1.69. The van der Waals surface area contributed by atoms with Crippen molar-refractivity contribution in [1.29, 1.82) is 0 Å². The topological polar surface area (TPSA) is 185 Å². The second-order valence-electron chi connectivity index (χ2n) is 9.61. The second kappa shape index (κ2) is 11.8. The Kier molecular flexibility index (Phi) is 8.23. The first-order chi connectivity index (χ1) is 18.7. The van der Waals surface area contributed by atoms with Gasteiger partial charge >= 0.3 is 11.7 Å². The van der Waals surface area contributed by atoms with E-state index in [0.717, 1.165) is 25.7 Å². The highest BCUT2D eigenvalue weighted by Gasteiger charge is 2.32. The standard InChI is InChI=1S/C27H30N6O6/c1-16(34)39-31-25(28)20-11-12-21-22(13-20)32(15-18-7-9-19(10-8-18)26(29)35)24(23(21)33(37)38)27(36)30-14-17-5-3-2-4-6-17/h7-13,17H,2-6,14-15H2,1H3,(H2,28,31)(H2,29,35)(H,30,36). The van der Waals surface area contributed by atoms with Crippen LogP contribution in [-0.4, -0.2) is 39.7 Å². The van der Waals surface area contributed by atoms with Gasteiger partial charge in [-0.05, 0) is 48.6 Å². The van der Waals surface area contributed by atoms with Crippen molar-refractivity contribution in [2.75, 3.05) is 6.54 Å². The predicted octanol–water partition coefficient (Wildman–Crippen LogP) is 3.19. The third-order valence-electron chi connectivity index (χ3n) is 6.86. The Bertz CT molecular complexity index is 1450. The molecule has 1 aromatic heterocycles. The van der Waals surface area contributed by atoms with Gasteiger partial charge in [0.05, 0.1) is 15.8 Å². The lowest BCUT2D eigenvalue weighted by molar-refractivity contribution is -0.383. The van der Waals surface area contributed by atoms with Crippen LogP contribution in [0.1, 0.15) is 71.0 Å². The molecule has 1 heterocycles. The summed E-state index contributed by atoms with van der Waals surface area (Å²) in [6, 6.07) is 11.0. The number of nitrogens with zero attached hydrogens (tertiary/aromatic N) is 3. The SMILES string of the molecule is CC(=O)ON=C(N)c1ccc2c([N+](=O)[O-])c(C(=O)NCC3CCCCC3)n(Cc3ccc(C(N)=O)cc3)c2c1. The number of benzene rings is 2. The molecule has 12 heteroatoms. The summed E-state index contributed by atoms with van der Waals surface area (Å²) >= 11 is 0. The lowest BCUT2D eigenvalue weighted by atomic mass is 9.89. The van der Waals surface area contributed by atoms with Crippen molar-refractivity contribution in [3.8, 4) is 0 Å². The number of oxime groups is 1. The number of hydrogen-bond acceptors (Lipinski definition) is 7. The third kappa shape index (κ3) is 6.22.